The summed E-state index contributed by atoms with van der Waals surface area (Å²) >= 11 is 0. The molecule has 0 radical (unpaired) electrons. The highest BCUT2D eigenvalue weighted by molar-refractivity contribution is 7.86. The maximum absolute atomic E-state index is 15.1. The van der Waals surface area contributed by atoms with E-state index in [0.29, 0.717) is 21.5 Å². The Balaban J connectivity index is 1.31. The van der Waals surface area contributed by atoms with E-state index in [9.17, 15) is 25.9 Å². The molecule has 0 unspecified atom stereocenters. The molecular weight excluding hydrogens is 667 g/mol. The minimum atomic E-state index is -4.77. The Hall–Kier alpha value is -5.68. The summed E-state index contributed by atoms with van der Waals surface area (Å²) in [5, 5.41) is 17.1. The van der Waals surface area contributed by atoms with Crippen LogP contribution in [0.1, 0.15) is 0 Å². The van der Waals surface area contributed by atoms with E-state index in [-0.39, 0.29) is 45.3 Å². The van der Waals surface area contributed by atoms with Crippen LogP contribution >= 0.6 is 0 Å². The molecule has 0 saturated carbocycles. The van der Waals surface area contributed by atoms with Gasteiger partial charge in [-0.15, -0.1) is 20.5 Å². The number of azo groups is 2. The van der Waals surface area contributed by atoms with Crippen molar-refractivity contribution in [3.8, 4) is 11.1 Å². The van der Waals surface area contributed by atoms with Crippen LogP contribution in [0.3, 0.4) is 0 Å². The fraction of sp³-hybridized carbons (Fsp3) is 0. The third-order valence-corrected chi connectivity index (χ3v) is 9.09. The number of hydrogen-bond donors (Lipinski definition) is 4. The van der Waals surface area contributed by atoms with Crippen LogP contribution in [-0.4, -0.2) is 25.9 Å². The van der Waals surface area contributed by atoms with E-state index in [1.54, 1.807) is 48.5 Å². The molecule has 6 N–H and O–H groups in total. The molecule has 0 aliphatic heterocycles. The summed E-state index contributed by atoms with van der Waals surface area (Å²) in [4.78, 5) is -1.21. The summed E-state index contributed by atoms with van der Waals surface area (Å²) < 4.78 is 98.0. The zero-order chi connectivity index (χ0) is 34.4. The first-order valence-electron chi connectivity index (χ1n) is 13.7. The topological polar surface area (TPSA) is 210 Å². The molecule has 6 rings (SSSR count). The first-order valence-corrected chi connectivity index (χ1v) is 16.6. The van der Waals surface area contributed by atoms with Crippen molar-refractivity contribution in [1.82, 2.24) is 0 Å². The smallest absolute Gasteiger partial charge is 0.296 e. The molecule has 48 heavy (non-hydrogen) atoms. The van der Waals surface area contributed by atoms with E-state index in [1.165, 1.54) is 36.4 Å². The summed E-state index contributed by atoms with van der Waals surface area (Å²) in [6, 6.07) is 22.8. The Morgan fingerprint density at radius 2 is 0.896 bits per heavy atom. The fourth-order valence-electron chi connectivity index (χ4n) is 5.02. The van der Waals surface area contributed by atoms with Gasteiger partial charge in [-0.2, -0.15) is 16.8 Å². The van der Waals surface area contributed by atoms with Crippen molar-refractivity contribution < 1.29 is 34.7 Å². The van der Waals surface area contributed by atoms with Crippen LogP contribution in [0, 0.1) is 11.6 Å². The number of fused-ring (bicyclic) bond motifs is 2. The van der Waals surface area contributed by atoms with Gasteiger partial charge in [0, 0.05) is 10.8 Å². The summed E-state index contributed by atoms with van der Waals surface area (Å²) in [5.74, 6) is -1.78. The predicted molar refractivity (Wildman–Crippen MR) is 176 cm³/mol. The molecule has 0 atom stereocenters. The predicted octanol–water partition coefficient (Wildman–Crippen LogP) is 8.43. The third kappa shape index (κ3) is 6.19. The number of rotatable bonds is 7. The highest BCUT2D eigenvalue weighted by Crippen LogP contribution is 2.40. The monoisotopic (exact) mass is 688 g/mol. The molecule has 0 aromatic heterocycles. The summed E-state index contributed by atoms with van der Waals surface area (Å²) in [6.45, 7) is 0. The zero-order valence-electron chi connectivity index (χ0n) is 24.3. The third-order valence-electron chi connectivity index (χ3n) is 7.35. The molecule has 0 saturated heterocycles. The number of nitrogens with two attached hydrogens (primary N) is 2. The van der Waals surface area contributed by atoms with Crippen molar-refractivity contribution in [2.45, 2.75) is 9.79 Å². The van der Waals surface area contributed by atoms with Crippen LogP contribution in [0.25, 0.3) is 32.7 Å². The lowest BCUT2D eigenvalue weighted by atomic mass is 10.0. The van der Waals surface area contributed by atoms with Crippen molar-refractivity contribution in [3.05, 3.63) is 109 Å². The van der Waals surface area contributed by atoms with E-state index >= 15 is 8.78 Å². The van der Waals surface area contributed by atoms with Crippen molar-refractivity contribution in [1.29, 1.82) is 0 Å². The highest BCUT2D eigenvalue weighted by Gasteiger charge is 2.22. The second kappa shape index (κ2) is 12.2. The van der Waals surface area contributed by atoms with Gasteiger partial charge in [-0.25, -0.2) is 8.78 Å². The van der Waals surface area contributed by atoms with Crippen molar-refractivity contribution >= 4 is 75.9 Å². The standard InChI is InChI=1S/C32H22F2N6O6S2/c33-23-13-17(9-11-25(23)37-39-31-27(47(41,42)43)15-19-5-1-3-7-21(19)29(31)35)18-10-12-26(24(34)14-18)38-40-32-28(48(44,45)46)16-20-6-2-4-8-22(20)30(32)36/h1-16H,35-36H2,(H,41,42,43)(H,44,45,46). The van der Waals surface area contributed by atoms with Gasteiger partial charge >= 0.3 is 0 Å². The number of nitrogen functional groups attached to an aromatic ring is 2. The van der Waals surface area contributed by atoms with Crippen molar-refractivity contribution in [2.24, 2.45) is 20.5 Å². The first-order chi connectivity index (χ1) is 22.7. The van der Waals surface area contributed by atoms with E-state index in [0.717, 1.165) is 12.1 Å². The minimum Gasteiger partial charge on any atom is -0.396 e. The highest BCUT2D eigenvalue weighted by atomic mass is 32.2. The lowest BCUT2D eigenvalue weighted by Gasteiger charge is -2.10. The molecule has 6 aromatic carbocycles. The normalized spacial score (nSPS) is 12.5. The number of hydrogen-bond acceptors (Lipinski definition) is 10. The van der Waals surface area contributed by atoms with Gasteiger partial charge in [0.25, 0.3) is 20.2 Å². The van der Waals surface area contributed by atoms with Crippen LogP contribution in [-0.2, 0) is 20.2 Å². The molecule has 0 heterocycles. The lowest BCUT2D eigenvalue weighted by molar-refractivity contribution is 0.481. The maximum Gasteiger partial charge on any atom is 0.296 e. The van der Waals surface area contributed by atoms with Gasteiger partial charge in [0.05, 0.1) is 11.4 Å². The van der Waals surface area contributed by atoms with E-state index in [4.69, 9.17) is 11.5 Å². The molecule has 0 aliphatic rings. The average molecular weight is 689 g/mol. The Morgan fingerprint density at radius 1 is 0.521 bits per heavy atom. The van der Waals surface area contributed by atoms with Gasteiger partial charge in [-0.1, -0.05) is 60.7 Å². The van der Waals surface area contributed by atoms with E-state index < -0.39 is 41.7 Å². The summed E-state index contributed by atoms with van der Waals surface area (Å²) in [7, 11) is -9.55. The molecule has 6 aromatic rings. The van der Waals surface area contributed by atoms with Gasteiger partial charge in [-0.05, 0) is 58.3 Å². The number of benzene rings is 6. The molecule has 0 amide bonds. The summed E-state index contributed by atoms with van der Waals surface area (Å²) in [5.41, 5.74) is 11.2. The summed E-state index contributed by atoms with van der Waals surface area (Å²) in [6.07, 6.45) is 0. The number of nitrogens with zero attached hydrogens (tertiary/aromatic N) is 4. The van der Waals surface area contributed by atoms with Gasteiger partial charge in [0.2, 0.25) is 0 Å². The Kier molecular flexibility index (Phi) is 8.18. The Bertz CT molecular complexity index is 2400. The maximum atomic E-state index is 15.1. The van der Waals surface area contributed by atoms with Crippen LogP contribution in [0.2, 0.25) is 0 Å². The molecule has 242 valence electrons. The Morgan fingerprint density at radius 3 is 1.25 bits per heavy atom. The molecular formula is C32H22F2N6O6S2. The largest absolute Gasteiger partial charge is 0.396 e. The minimum absolute atomic E-state index is 0.0910. The molecule has 0 aliphatic carbocycles. The molecule has 0 bridgehead atoms. The van der Waals surface area contributed by atoms with E-state index in [1.807, 2.05) is 0 Å². The second-order valence-electron chi connectivity index (χ2n) is 10.4. The number of halogens is 2. The first kappa shape index (κ1) is 32.3. The second-order valence-corrected chi connectivity index (χ2v) is 13.2. The van der Waals surface area contributed by atoms with Crippen LogP contribution in [0.4, 0.5) is 42.9 Å². The van der Waals surface area contributed by atoms with Crippen LogP contribution in [0.15, 0.2) is 127 Å². The quantitative estimate of drug-likeness (QED) is 0.0724. The molecule has 16 heteroatoms. The van der Waals surface area contributed by atoms with Gasteiger partial charge < -0.3 is 11.5 Å². The lowest BCUT2D eigenvalue weighted by Crippen LogP contribution is -2.01. The SMILES string of the molecule is Nc1c(N=Nc2ccc(-c3ccc(N=Nc4c(S(=O)(=O)O)cc5ccccc5c4N)c(F)c3)cc2F)c(S(=O)(=O)O)cc2ccccc12. The number of anilines is 2. The van der Waals surface area contributed by atoms with E-state index in [2.05, 4.69) is 20.5 Å². The average Bonchev–Trinajstić information content (AvgIpc) is 3.04. The molecule has 0 spiro atoms. The molecule has 12 nitrogen and oxygen atoms in total. The molecule has 0 fully saturated rings. The van der Waals surface area contributed by atoms with Crippen molar-refractivity contribution in [2.75, 3.05) is 11.5 Å². The van der Waals surface area contributed by atoms with Crippen molar-refractivity contribution in [3.63, 3.8) is 0 Å². The Labute approximate surface area is 271 Å². The zero-order valence-corrected chi connectivity index (χ0v) is 25.9. The van der Waals surface area contributed by atoms with Gasteiger partial charge in [0.1, 0.15) is 32.5 Å². The van der Waals surface area contributed by atoms with Gasteiger partial charge in [-0.3, -0.25) is 9.11 Å². The van der Waals surface area contributed by atoms with Gasteiger partial charge in [0.15, 0.2) is 11.6 Å². The van der Waals surface area contributed by atoms with Crippen LogP contribution in [0.5, 0.6) is 0 Å². The fourth-order valence-corrected chi connectivity index (χ4v) is 6.36. The van der Waals surface area contributed by atoms with Crippen LogP contribution < -0.4 is 11.5 Å².